The van der Waals surface area contributed by atoms with Crippen LogP contribution in [0.1, 0.15) is 29.4 Å². The quantitative estimate of drug-likeness (QED) is 0.750. The number of nitrogens with one attached hydrogen (secondary N) is 1. The molecule has 0 amide bonds. The summed E-state index contributed by atoms with van der Waals surface area (Å²) in [5.41, 5.74) is 1.19. The maximum absolute atomic E-state index is 11.8. The van der Waals surface area contributed by atoms with Crippen molar-refractivity contribution in [3.05, 3.63) is 17.5 Å². The minimum Gasteiger partial charge on any atom is -0.462 e. The fourth-order valence-electron chi connectivity index (χ4n) is 2.48. The SMILES string of the molecule is CCOC(=O)c1cnn(C)c1CNCC1CCS(=O)(=O)C1. The zero-order chi connectivity index (χ0) is 15.5. The van der Waals surface area contributed by atoms with E-state index in [0.717, 1.165) is 5.69 Å². The van der Waals surface area contributed by atoms with Gasteiger partial charge in [0.15, 0.2) is 9.84 Å². The largest absolute Gasteiger partial charge is 0.462 e. The minimum atomic E-state index is -2.85. The lowest BCUT2D eigenvalue weighted by Gasteiger charge is -2.11. The van der Waals surface area contributed by atoms with E-state index < -0.39 is 9.84 Å². The Bertz CT molecular complexity index is 609. The van der Waals surface area contributed by atoms with Gasteiger partial charge >= 0.3 is 5.97 Å². The van der Waals surface area contributed by atoms with Gasteiger partial charge in [-0.3, -0.25) is 4.68 Å². The lowest BCUT2D eigenvalue weighted by atomic mass is 10.1. The topological polar surface area (TPSA) is 90.3 Å². The third-order valence-corrected chi connectivity index (χ3v) is 5.45. The second-order valence-corrected chi connectivity index (χ2v) is 7.48. The molecule has 1 fully saturated rings. The number of aryl methyl sites for hydroxylation is 1. The van der Waals surface area contributed by atoms with Crippen molar-refractivity contribution in [1.82, 2.24) is 15.1 Å². The highest BCUT2D eigenvalue weighted by molar-refractivity contribution is 7.91. The van der Waals surface area contributed by atoms with Crippen molar-refractivity contribution in [2.24, 2.45) is 13.0 Å². The number of esters is 1. The standard InChI is InChI=1S/C13H21N3O4S/c1-3-20-13(17)11-7-15-16(2)12(11)8-14-6-10-4-5-21(18,19)9-10/h7,10,14H,3-6,8-9H2,1-2H3. The maximum Gasteiger partial charge on any atom is 0.341 e. The van der Waals surface area contributed by atoms with Crippen LogP contribution >= 0.6 is 0 Å². The average Bonchev–Trinajstić information content (AvgIpc) is 2.94. The highest BCUT2D eigenvalue weighted by atomic mass is 32.2. The molecular formula is C13H21N3O4S. The molecule has 0 radical (unpaired) electrons. The van der Waals surface area contributed by atoms with Gasteiger partial charge in [-0.2, -0.15) is 5.10 Å². The predicted octanol–water partition coefficient (Wildman–Crippen LogP) is 0.121. The number of carbonyl (C=O) groups excluding carboxylic acids is 1. The van der Waals surface area contributed by atoms with Crippen molar-refractivity contribution < 1.29 is 17.9 Å². The van der Waals surface area contributed by atoms with Gasteiger partial charge in [0, 0.05) is 13.6 Å². The van der Waals surface area contributed by atoms with Crippen LogP contribution in [0.2, 0.25) is 0 Å². The normalized spacial score (nSPS) is 20.6. The summed E-state index contributed by atoms with van der Waals surface area (Å²) in [6.45, 7) is 3.15. The smallest absolute Gasteiger partial charge is 0.341 e. The highest BCUT2D eigenvalue weighted by Gasteiger charge is 2.27. The lowest BCUT2D eigenvalue weighted by Crippen LogP contribution is -2.25. The summed E-state index contributed by atoms with van der Waals surface area (Å²) in [5, 5.41) is 7.29. The van der Waals surface area contributed by atoms with Gasteiger partial charge in [-0.15, -0.1) is 0 Å². The van der Waals surface area contributed by atoms with E-state index in [0.29, 0.717) is 31.7 Å². The molecule has 118 valence electrons. The van der Waals surface area contributed by atoms with E-state index in [1.165, 1.54) is 6.20 Å². The Hall–Kier alpha value is -1.41. The van der Waals surface area contributed by atoms with Crippen LogP contribution in [0.4, 0.5) is 0 Å². The van der Waals surface area contributed by atoms with Gasteiger partial charge in [-0.05, 0) is 25.8 Å². The number of rotatable bonds is 6. The molecule has 0 aromatic carbocycles. The second kappa shape index (κ2) is 6.57. The van der Waals surface area contributed by atoms with Crippen LogP contribution in [-0.4, -0.2) is 48.8 Å². The number of hydrogen-bond acceptors (Lipinski definition) is 6. The van der Waals surface area contributed by atoms with Gasteiger partial charge in [0.25, 0.3) is 0 Å². The monoisotopic (exact) mass is 315 g/mol. The zero-order valence-corrected chi connectivity index (χ0v) is 13.1. The molecule has 0 aliphatic carbocycles. The Labute approximate surface area is 124 Å². The van der Waals surface area contributed by atoms with E-state index >= 15 is 0 Å². The summed E-state index contributed by atoms with van der Waals surface area (Å²) in [5.74, 6) is 0.287. The molecule has 21 heavy (non-hydrogen) atoms. The van der Waals surface area contributed by atoms with Crippen LogP contribution in [0.25, 0.3) is 0 Å². The van der Waals surface area contributed by atoms with E-state index in [9.17, 15) is 13.2 Å². The number of sulfone groups is 1. The summed E-state index contributed by atoms with van der Waals surface area (Å²) < 4.78 is 29.4. The van der Waals surface area contributed by atoms with E-state index in [-0.39, 0.29) is 23.4 Å². The van der Waals surface area contributed by atoms with Crippen LogP contribution in [0, 0.1) is 5.92 Å². The average molecular weight is 315 g/mol. The molecule has 1 aliphatic rings. The van der Waals surface area contributed by atoms with E-state index in [1.54, 1.807) is 18.7 Å². The molecule has 1 saturated heterocycles. The van der Waals surface area contributed by atoms with Crippen molar-refractivity contribution >= 4 is 15.8 Å². The first kappa shape index (κ1) is 16.0. The van der Waals surface area contributed by atoms with Crippen molar-refractivity contribution in [2.45, 2.75) is 19.9 Å². The molecule has 2 rings (SSSR count). The second-order valence-electron chi connectivity index (χ2n) is 5.25. The molecule has 0 spiro atoms. The molecule has 1 aromatic rings. The van der Waals surface area contributed by atoms with Crippen LogP contribution < -0.4 is 5.32 Å². The Morgan fingerprint density at radius 1 is 1.57 bits per heavy atom. The zero-order valence-electron chi connectivity index (χ0n) is 12.3. The lowest BCUT2D eigenvalue weighted by molar-refractivity contribution is 0.0524. The third kappa shape index (κ3) is 4.04. The van der Waals surface area contributed by atoms with Crippen LogP contribution in [0.5, 0.6) is 0 Å². The number of aromatic nitrogens is 2. The van der Waals surface area contributed by atoms with Gasteiger partial charge < -0.3 is 10.1 Å². The fraction of sp³-hybridized carbons (Fsp3) is 0.692. The van der Waals surface area contributed by atoms with Crippen molar-refractivity contribution in [2.75, 3.05) is 24.7 Å². The molecule has 7 nitrogen and oxygen atoms in total. The number of ether oxygens (including phenoxy) is 1. The highest BCUT2D eigenvalue weighted by Crippen LogP contribution is 2.17. The van der Waals surface area contributed by atoms with Gasteiger partial charge in [-0.25, -0.2) is 13.2 Å². The molecule has 2 heterocycles. The van der Waals surface area contributed by atoms with Crippen molar-refractivity contribution in [3.63, 3.8) is 0 Å². The van der Waals surface area contributed by atoms with Gasteiger partial charge in [0.2, 0.25) is 0 Å². The van der Waals surface area contributed by atoms with E-state index in [2.05, 4.69) is 10.4 Å². The first-order chi connectivity index (χ1) is 9.93. The Balaban J connectivity index is 1.91. The Morgan fingerprint density at radius 3 is 2.95 bits per heavy atom. The molecule has 8 heteroatoms. The van der Waals surface area contributed by atoms with Gasteiger partial charge in [-0.1, -0.05) is 0 Å². The van der Waals surface area contributed by atoms with Crippen molar-refractivity contribution in [1.29, 1.82) is 0 Å². The Morgan fingerprint density at radius 2 is 2.33 bits per heavy atom. The van der Waals surface area contributed by atoms with E-state index in [1.807, 2.05) is 0 Å². The molecule has 1 atom stereocenters. The van der Waals surface area contributed by atoms with Gasteiger partial charge in [0.1, 0.15) is 5.56 Å². The van der Waals surface area contributed by atoms with E-state index in [4.69, 9.17) is 4.74 Å². The summed E-state index contributed by atoms with van der Waals surface area (Å²) in [6.07, 6.45) is 2.19. The summed E-state index contributed by atoms with van der Waals surface area (Å²) in [4.78, 5) is 11.8. The molecule has 1 aromatic heterocycles. The van der Waals surface area contributed by atoms with Gasteiger partial charge in [0.05, 0.1) is 30.0 Å². The van der Waals surface area contributed by atoms with Crippen LogP contribution in [0.3, 0.4) is 0 Å². The van der Waals surface area contributed by atoms with Crippen LogP contribution in [0.15, 0.2) is 6.20 Å². The number of hydrogen-bond donors (Lipinski definition) is 1. The third-order valence-electron chi connectivity index (χ3n) is 3.61. The predicted molar refractivity (Wildman–Crippen MR) is 77.6 cm³/mol. The number of nitrogens with zero attached hydrogens (tertiary/aromatic N) is 2. The summed E-state index contributed by atoms with van der Waals surface area (Å²) in [6, 6.07) is 0. The molecule has 1 aliphatic heterocycles. The molecular weight excluding hydrogens is 294 g/mol. The van der Waals surface area contributed by atoms with Crippen molar-refractivity contribution in [3.8, 4) is 0 Å². The molecule has 0 saturated carbocycles. The molecule has 0 bridgehead atoms. The first-order valence-electron chi connectivity index (χ1n) is 7.02. The maximum atomic E-state index is 11.8. The molecule has 1 unspecified atom stereocenters. The minimum absolute atomic E-state index is 0.147. The van der Waals surface area contributed by atoms with Crippen LogP contribution in [-0.2, 0) is 28.2 Å². The number of carbonyl (C=O) groups is 1. The fourth-order valence-corrected chi connectivity index (χ4v) is 4.34. The summed E-state index contributed by atoms with van der Waals surface area (Å²) in [7, 11) is -1.08. The first-order valence-corrected chi connectivity index (χ1v) is 8.84. The molecule has 1 N–H and O–H groups in total. The Kier molecular flexibility index (Phi) is 5.00. The summed E-state index contributed by atoms with van der Waals surface area (Å²) >= 11 is 0.